The van der Waals surface area contributed by atoms with Crippen LogP contribution in [0.2, 0.25) is 0 Å². The third-order valence-electron chi connectivity index (χ3n) is 2.47. The van der Waals surface area contributed by atoms with Crippen molar-refractivity contribution in [3.05, 3.63) is 48.3 Å². The molecule has 0 amide bonds. The minimum atomic E-state index is -4.52. The molecule has 2 aromatic carbocycles. The summed E-state index contributed by atoms with van der Waals surface area (Å²) in [5.74, 6) is -0.865. The van der Waals surface area contributed by atoms with Crippen LogP contribution < -0.4 is 5.73 Å². The topological polar surface area (TPSA) is 80.4 Å². The van der Waals surface area contributed by atoms with Crippen LogP contribution in [0.5, 0.6) is 0 Å². The van der Waals surface area contributed by atoms with E-state index >= 15 is 0 Å². The standard InChI is InChI=1S/C12H10FNO3S/c13-12-9(14)6-7-10(18(15,16)17)11(12)8-4-2-1-3-5-8/h1-7H,14H2,(H,15,16,17). The van der Waals surface area contributed by atoms with E-state index in [2.05, 4.69) is 0 Å². The lowest BCUT2D eigenvalue weighted by molar-refractivity contribution is 0.482. The van der Waals surface area contributed by atoms with Crippen molar-refractivity contribution in [2.75, 3.05) is 5.73 Å². The number of hydrogen-bond donors (Lipinski definition) is 2. The van der Waals surface area contributed by atoms with E-state index < -0.39 is 20.8 Å². The number of rotatable bonds is 2. The van der Waals surface area contributed by atoms with Crippen LogP contribution in [0.1, 0.15) is 0 Å². The molecule has 0 heterocycles. The summed E-state index contributed by atoms with van der Waals surface area (Å²) in [6, 6.07) is 10.2. The second-order valence-corrected chi connectivity index (χ2v) is 5.07. The van der Waals surface area contributed by atoms with Gasteiger partial charge in [-0.25, -0.2) is 4.39 Å². The van der Waals surface area contributed by atoms with Gasteiger partial charge < -0.3 is 5.73 Å². The molecule has 0 saturated carbocycles. The van der Waals surface area contributed by atoms with Crippen LogP contribution in [-0.2, 0) is 10.1 Å². The highest BCUT2D eigenvalue weighted by Gasteiger charge is 2.21. The van der Waals surface area contributed by atoms with Crippen molar-refractivity contribution in [3.63, 3.8) is 0 Å². The second-order valence-electron chi connectivity index (χ2n) is 3.68. The molecule has 0 aliphatic heterocycles. The van der Waals surface area contributed by atoms with E-state index in [1.165, 1.54) is 12.1 Å². The lowest BCUT2D eigenvalue weighted by atomic mass is 10.0. The van der Waals surface area contributed by atoms with E-state index in [-0.39, 0.29) is 11.3 Å². The fraction of sp³-hybridized carbons (Fsp3) is 0. The number of nitrogen functional groups attached to an aromatic ring is 1. The third kappa shape index (κ3) is 2.20. The van der Waals surface area contributed by atoms with Crippen LogP contribution in [0, 0.1) is 5.82 Å². The Morgan fingerprint density at radius 2 is 1.67 bits per heavy atom. The van der Waals surface area contributed by atoms with Gasteiger partial charge in [0.05, 0.1) is 5.69 Å². The number of nitrogens with two attached hydrogens (primary N) is 1. The summed E-state index contributed by atoms with van der Waals surface area (Å²) < 4.78 is 45.6. The maximum Gasteiger partial charge on any atom is 0.295 e. The highest BCUT2D eigenvalue weighted by molar-refractivity contribution is 7.86. The molecule has 0 aliphatic rings. The molecule has 0 aliphatic carbocycles. The summed E-state index contributed by atoms with van der Waals surface area (Å²) >= 11 is 0. The molecule has 0 spiro atoms. The van der Waals surface area contributed by atoms with Gasteiger partial charge in [-0.15, -0.1) is 0 Å². The SMILES string of the molecule is Nc1ccc(S(=O)(=O)O)c(-c2ccccc2)c1F. The average Bonchev–Trinajstić information content (AvgIpc) is 2.32. The highest BCUT2D eigenvalue weighted by Crippen LogP contribution is 2.32. The fourth-order valence-electron chi connectivity index (χ4n) is 1.66. The van der Waals surface area contributed by atoms with Crippen LogP contribution in [-0.4, -0.2) is 13.0 Å². The zero-order valence-corrected chi connectivity index (χ0v) is 9.99. The van der Waals surface area contributed by atoms with Crippen LogP contribution in [0.25, 0.3) is 11.1 Å². The van der Waals surface area contributed by atoms with Crippen molar-refractivity contribution in [1.29, 1.82) is 0 Å². The first-order chi connectivity index (χ1) is 8.41. The van der Waals surface area contributed by atoms with Gasteiger partial charge in [-0.2, -0.15) is 8.42 Å². The molecule has 0 saturated heterocycles. The molecule has 4 nitrogen and oxygen atoms in total. The smallest absolute Gasteiger partial charge is 0.295 e. The molecule has 0 atom stereocenters. The Hall–Kier alpha value is -1.92. The van der Waals surface area contributed by atoms with Crippen molar-refractivity contribution >= 4 is 15.8 Å². The van der Waals surface area contributed by atoms with Gasteiger partial charge in [-0.05, 0) is 17.7 Å². The van der Waals surface area contributed by atoms with E-state index in [0.29, 0.717) is 5.56 Å². The van der Waals surface area contributed by atoms with Crippen LogP contribution >= 0.6 is 0 Å². The van der Waals surface area contributed by atoms with Crippen LogP contribution in [0.15, 0.2) is 47.4 Å². The first-order valence-corrected chi connectivity index (χ1v) is 6.46. The summed E-state index contributed by atoms with van der Waals surface area (Å²) in [5.41, 5.74) is 5.34. The van der Waals surface area contributed by atoms with E-state index in [1.807, 2.05) is 0 Å². The zero-order chi connectivity index (χ0) is 13.3. The Morgan fingerprint density at radius 1 is 1.06 bits per heavy atom. The zero-order valence-electron chi connectivity index (χ0n) is 9.17. The Kier molecular flexibility index (Phi) is 3.06. The van der Waals surface area contributed by atoms with Gasteiger partial charge in [0.25, 0.3) is 10.1 Å². The van der Waals surface area contributed by atoms with Gasteiger partial charge in [-0.1, -0.05) is 30.3 Å². The van der Waals surface area contributed by atoms with Gasteiger partial charge in [0.1, 0.15) is 4.90 Å². The predicted molar refractivity (Wildman–Crippen MR) is 66.1 cm³/mol. The van der Waals surface area contributed by atoms with E-state index in [4.69, 9.17) is 10.3 Å². The summed E-state index contributed by atoms with van der Waals surface area (Å²) in [4.78, 5) is -0.500. The minimum absolute atomic E-state index is 0.179. The van der Waals surface area contributed by atoms with Crippen molar-refractivity contribution in [3.8, 4) is 11.1 Å². The second kappa shape index (κ2) is 4.40. The molecular formula is C12H10FNO3S. The van der Waals surface area contributed by atoms with Crippen molar-refractivity contribution in [2.24, 2.45) is 0 Å². The Morgan fingerprint density at radius 3 is 2.22 bits per heavy atom. The molecule has 18 heavy (non-hydrogen) atoms. The van der Waals surface area contributed by atoms with Crippen molar-refractivity contribution in [1.82, 2.24) is 0 Å². The highest BCUT2D eigenvalue weighted by atomic mass is 32.2. The molecule has 94 valence electrons. The summed E-state index contributed by atoms with van der Waals surface area (Å²) in [6.45, 7) is 0. The van der Waals surface area contributed by atoms with Gasteiger partial charge in [0.2, 0.25) is 0 Å². The number of benzene rings is 2. The molecule has 6 heteroatoms. The molecule has 0 aromatic heterocycles. The lowest BCUT2D eigenvalue weighted by Gasteiger charge is -2.10. The maximum absolute atomic E-state index is 14.0. The molecule has 2 aromatic rings. The van der Waals surface area contributed by atoms with Gasteiger partial charge in [-0.3, -0.25) is 4.55 Å². The van der Waals surface area contributed by atoms with Crippen molar-refractivity contribution < 1.29 is 17.4 Å². The van der Waals surface area contributed by atoms with Crippen molar-refractivity contribution in [2.45, 2.75) is 4.90 Å². The minimum Gasteiger partial charge on any atom is -0.396 e. The Bertz CT molecular complexity index is 684. The molecular weight excluding hydrogens is 257 g/mol. The maximum atomic E-state index is 14.0. The molecule has 3 N–H and O–H groups in total. The van der Waals surface area contributed by atoms with E-state index in [1.54, 1.807) is 18.2 Å². The van der Waals surface area contributed by atoms with E-state index in [0.717, 1.165) is 12.1 Å². The lowest BCUT2D eigenvalue weighted by Crippen LogP contribution is -2.04. The molecule has 0 radical (unpaired) electrons. The fourth-order valence-corrected chi connectivity index (χ4v) is 2.37. The van der Waals surface area contributed by atoms with Gasteiger partial charge >= 0.3 is 0 Å². The summed E-state index contributed by atoms with van der Waals surface area (Å²) in [5, 5.41) is 0. The number of hydrogen-bond acceptors (Lipinski definition) is 3. The monoisotopic (exact) mass is 267 g/mol. The quantitative estimate of drug-likeness (QED) is 0.646. The Labute approximate surface area is 104 Å². The first-order valence-electron chi connectivity index (χ1n) is 5.02. The summed E-state index contributed by atoms with van der Waals surface area (Å²) in [7, 11) is -4.52. The average molecular weight is 267 g/mol. The van der Waals surface area contributed by atoms with Crippen LogP contribution in [0.3, 0.4) is 0 Å². The normalized spacial score (nSPS) is 11.4. The van der Waals surface area contributed by atoms with Gasteiger partial charge in [0.15, 0.2) is 5.82 Å². The third-order valence-corrected chi connectivity index (χ3v) is 3.37. The predicted octanol–water partition coefficient (Wildman–Crippen LogP) is 2.32. The molecule has 0 bridgehead atoms. The summed E-state index contributed by atoms with van der Waals surface area (Å²) in [6.07, 6.45) is 0. The van der Waals surface area contributed by atoms with Gasteiger partial charge in [0, 0.05) is 5.56 Å². The number of halogens is 1. The Balaban J connectivity index is 2.84. The molecule has 2 rings (SSSR count). The van der Waals surface area contributed by atoms with Crippen LogP contribution in [0.4, 0.5) is 10.1 Å². The first kappa shape index (κ1) is 12.5. The largest absolute Gasteiger partial charge is 0.396 e. The molecule has 0 unspecified atom stereocenters. The number of anilines is 1. The molecule has 0 fully saturated rings. The van der Waals surface area contributed by atoms with E-state index in [9.17, 15) is 12.8 Å².